The van der Waals surface area contributed by atoms with Crippen molar-refractivity contribution in [2.45, 2.75) is 6.92 Å². The molecule has 9 heteroatoms. The van der Waals surface area contributed by atoms with Gasteiger partial charge in [0.25, 0.3) is 11.2 Å². The second-order valence-corrected chi connectivity index (χ2v) is 5.14. The summed E-state index contributed by atoms with van der Waals surface area (Å²) in [6, 6.07) is 7.22. The molecular formula is C14H14N6O3. The summed E-state index contributed by atoms with van der Waals surface area (Å²) < 4.78 is 2.56. The van der Waals surface area contributed by atoms with E-state index in [1.165, 1.54) is 14.1 Å². The Hall–Kier alpha value is -3.23. The van der Waals surface area contributed by atoms with Crippen LogP contribution in [0.1, 0.15) is 5.56 Å². The summed E-state index contributed by atoms with van der Waals surface area (Å²) in [6.07, 6.45) is 0. The van der Waals surface area contributed by atoms with Crippen molar-refractivity contribution in [1.82, 2.24) is 24.1 Å². The Labute approximate surface area is 129 Å². The summed E-state index contributed by atoms with van der Waals surface area (Å²) in [6.45, 7) is 1.94. The van der Waals surface area contributed by atoms with Gasteiger partial charge in [-0.1, -0.05) is 17.7 Å². The topological polar surface area (TPSA) is 107 Å². The lowest BCUT2D eigenvalue weighted by Crippen LogP contribution is -2.41. The number of benzene rings is 1. The fourth-order valence-electron chi connectivity index (χ4n) is 2.15. The smallest absolute Gasteiger partial charge is 0.332 e. The van der Waals surface area contributed by atoms with Gasteiger partial charge in [0.15, 0.2) is 11.2 Å². The van der Waals surface area contributed by atoms with E-state index in [-0.39, 0.29) is 16.8 Å². The van der Waals surface area contributed by atoms with E-state index in [0.29, 0.717) is 10.4 Å². The van der Waals surface area contributed by atoms with E-state index in [1.807, 2.05) is 19.1 Å². The van der Waals surface area contributed by atoms with Crippen molar-refractivity contribution >= 4 is 16.9 Å². The highest BCUT2D eigenvalue weighted by atomic mass is 16.5. The average Bonchev–Trinajstić information content (AvgIpc) is 2.54. The lowest BCUT2D eigenvalue weighted by atomic mass is 10.2. The van der Waals surface area contributed by atoms with E-state index in [9.17, 15) is 14.8 Å². The fraction of sp³-hybridized carbons (Fsp3) is 0.214. The predicted octanol–water partition coefficient (Wildman–Crippen LogP) is -0.393. The molecule has 118 valence electrons. The van der Waals surface area contributed by atoms with Crippen LogP contribution in [-0.2, 0) is 14.1 Å². The van der Waals surface area contributed by atoms with Crippen LogP contribution >= 0.6 is 0 Å². The van der Waals surface area contributed by atoms with E-state index in [2.05, 4.69) is 15.2 Å². The van der Waals surface area contributed by atoms with Gasteiger partial charge in [0.1, 0.15) is 0 Å². The molecule has 0 saturated carbocycles. The van der Waals surface area contributed by atoms with E-state index < -0.39 is 11.2 Å². The van der Waals surface area contributed by atoms with Crippen molar-refractivity contribution in [2.75, 3.05) is 0 Å². The van der Waals surface area contributed by atoms with Crippen LogP contribution in [0, 0.1) is 6.92 Å². The van der Waals surface area contributed by atoms with Gasteiger partial charge in [-0.2, -0.15) is 0 Å². The Kier molecular flexibility index (Phi) is 3.32. The maximum absolute atomic E-state index is 12.2. The van der Waals surface area contributed by atoms with Crippen LogP contribution < -0.4 is 16.9 Å². The largest absolute Gasteiger partial charge is 0.425 e. The number of rotatable bonds is 1. The maximum Gasteiger partial charge on any atom is 0.332 e. The molecule has 0 radical (unpaired) electrons. The minimum absolute atomic E-state index is 0.0246. The molecule has 23 heavy (non-hydrogen) atoms. The summed E-state index contributed by atoms with van der Waals surface area (Å²) in [5, 5.41) is 17.9. The summed E-state index contributed by atoms with van der Waals surface area (Å²) >= 11 is 0. The highest BCUT2D eigenvalue weighted by Gasteiger charge is 2.14. The second kappa shape index (κ2) is 5.20. The highest BCUT2D eigenvalue weighted by Crippen LogP contribution is 2.11. The summed E-state index contributed by atoms with van der Waals surface area (Å²) in [5.74, 6) is 0. The molecule has 2 heterocycles. The molecular weight excluding hydrogens is 300 g/mol. The van der Waals surface area contributed by atoms with Crippen molar-refractivity contribution in [3.8, 4) is 0 Å². The Bertz CT molecular complexity index is 1090. The van der Waals surface area contributed by atoms with Gasteiger partial charge < -0.3 is 5.21 Å². The van der Waals surface area contributed by atoms with Gasteiger partial charge in [-0.15, -0.1) is 14.9 Å². The molecule has 9 nitrogen and oxygen atoms in total. The molecule has 3 rings (SSSR count). The van der Waals surface area contributed by atoms with Crippen LogP contribution in [0.5, 0.6) is 0 Å². The monoisotopic (exact) mass is 314 g/mol. The molecule has 0 unspecified atom stereocenters. The third kappa shape index (κ3) is 2.31. The van der Waals surface area contributed by atoms with Crippen molar-refractivity contribution in [2.24, 2.45) is 19.1 Å². The third-order valence-corrected chi connectivity index (χ3v) is 3.51. The van der Waals surface area contributed by atoms with E-state index in [0.717, 1.165) is 14.7 Å². The highest BCUT2D eigenvalue weighted by molar-refractivity contribution is 5.67. The zero-order valence-electron chi connectivity index (χ0n) is 12.8. The molecule has 3 aromatic rings. The first-order chi connectivity index (χ1) is 10.9. The van der Waals surface area contributed by atoms with Gasteiger partial charge in [0, 0.05) is 14.1 Å². The van der Waals surface area contributed by atoms with Gasteiger partial charge in [0.2, 0.25) is 0 Å². The maximum atomic E-state index is 12.2. The van der Waals surface area contributed by atoms with Gasteiger partial charge in [0.05, 0.1) is 5.69 Å². The first-order valence-corrected chi connectivity index (χ1v) is 6.76. The molecule has 0 spiro atoms. The molecule has 0 saturated heterocycles. The molecule has 1 aromatic carbocycles. The molecule has 0 atom stereocenters. The normalized spacial score (nSPS) is 12.0. The molecule has 0 fully saturated rings. The first kappa shape index (κ1) is 14.7. The predicted molar refractivity (Wildman–Crippen MR) is 81.6 cm³/mol. The van der Waals surface area contributed by atoms with Crippen LogP contribution in [0.2, 0.25) is 0 Å². The molecule has 0 amide bonds. The summed E-state index contributed by atoms with van der Waals surface area (Å²) in [7, 11) is 2.76. The van der Waals surface area contributed by atoms with E-state index in [1.54, 1.807) is 12.1 Å². The van der Waals surface area contributed by atoms with Crippen LogP contribution in [-0.4, -0.2) is 29.3 Å². The Balaban J connectivity index is 2.38. The van der Waals surface area contributed by atoms with Crippen LogP contribution in [0.25, 0.3) is 11.2 Å². The minimum atomic E-state index is -0.680. The quantitative estimate of drug-likeness (QED) is 0.615. The third-order valence-electron chi connectivity index (χ3n) is 3.51. The number of hydrogen-bond acceptors (Lipinski definition) is 6. The zero-order chi connectivity index (χ0) is 16.7. The van der Waals surface area contributed by atoms with Crippen LogP contribution in [0.15, 0.2) is 38.8 Å². The average molecular weight is 314 g/mol. The Morgan fingerprint density at radius 1 is 1.04 bits per heavy atom. The van der Waals surface area contributed by atoms with E-state index >= 15 is 0 Å². The molecule has 0 aliphatic rings. The standard InChI is InChI=1S/C14H14N6O3/c1-8-4-6-9(7-5-8)15-13-17-16-11-10(20(13)23)12(21)19(3)14(22)18(11)2/h4-7,23H,1-3H3. The SMILES string of the molecule is Cc1ccc(N=c2nnc3c(c(=O)n(C)c(=O)n3C)n2O)cc1. The first-order valence-electron chi connectivity index (χ1n) is 6.76. The summed E-state index contributed by atoms with van der Waals surface area (Å²) in [5.41, 5.74) is 0.0277. The number of aromatic nitrogens is 5. The number of aryl methyl sites for hydroxylation is 2. The fourth-order valence-corrected chi connectivity index (χ4v) is 2.15. The number of fused-ring (bicyclic) bond motifs is 1. The number of nitrogens with zero attached hydrogens (tertiary/aromatic N) is 6. The molecule has 0 bridgehead atoms. The summed E-state index contributed by atoms with van der Waals surface area (Å²) in [4.78, 5) is 28.3. The van der Waals surface area contributed by atoms with Gasteiger partial charge >= 0.3 is 5.69 Å². The molecule has 1 N–H and O–H groups in total. The van der Waals surface area contributed by atoms with Crippen molar-refractivity contribution in [3.63, 3.8) is 0 Å². The lowest BCUT2D eigenvalue weighted by Gasteiger charge is -2.07. The Morgan fingerprint density at radius 2 is 1.70 bits per heavy atom. The Morgan fingerprint density at radius 3 is 2.35 bits per heavy atom. The van der Waals surface area contributed by atoms with Crippen LogP contribution in [0.4, 0.5) is 5.69 Å². The van der Waals surface area contributed by atoms with Gasteiger partial charge in [-0.3, -0.25) is 13.9 Å². The van der Waals surface area contributed by atoms with Crippen molar-refractivity contribution in [3.05, 3.63) is 56.3 Å². The van der Waals surface area contributed by atoms with Gasteiger partial charge in [-0.05, 0) is 19.1 Å². The van der Waals surface area contributed by atoms with E-state index in [4.69, 9.17) is 0 Å². The van der Waals surface area contributed by atoms with Crippen molar-refractivity contribution in [1.29, 1.82) is 0 Å². The molecule has 2 aromatic heterocycles. The minimum Gasteiger partial charge on any atom is -0.425 e. The van der Waals surface area contributed by atoms with Crippen LogP contribution in [0.3, 0.4) is 0 Å². The zero-order valence-corrected chi connectivity index (χ0v) is 12.8. The number of hydrogen-bond donors (Lipinski definition) is 1. The lowest BCUT2D eigenvalue weighted by molar-refractivity contribution is 0.178. The molecule has 0 aliphatic heterocycles. The van der Waals surface area contributed by atoms with Crippen molar-refractivity contribution < 1.29 is 5.21 Å². The van der Waals surface area contributed by atoms with Gasteiger partial charge in [-0.25, -0.2) is 9.79 Å². The second-order valence-electron chi connectivity index (χ2n) is 5.14. The molecule has 0 aliphatic carbocycles.